The highest BCUT2D eigenvalue weighted by molar-refractivity contribution is 5.74. The van der Waals surface area contributed by atoms with Crippen molar-refractivity contribution >= 4 is 5.82 Å². The van der Waals surface area contributed by atoms with E-state index < -0.39 is 18.8 Å². The average Bonchev–Trinajstić information content (AvgIpc) is 3.41. The number of fused-ring (bicyclic) bond motifs is 2. The lowest BCUT2D eigenvalue weighted by molar-refractivity contribution is 0.171. The molecule has 3 fully saturated rings. The Labute approximate surface area is 194 Å². The van der Waals surface area contributed by atoms with Crippen LogP contribution in [0.3, 0.4) is 0 Å². The Morgan fingerprint density at radius 2 is 1.94 bits per heavy atom. The Bertz CT molecular complexity index is 1200. The van der Waals surface area contributed by atoms with Gasteiger partial charge in [-0.25, -0.2) is 22.8 Å². The zero-order valence-electron chi connectivity index (χ0n) is 18.4. The molecular formula is C24H25F3N6O. The summed E-state index contributed by atoms with van der Waals surface area (Å²) in [4.78, 5) is 11.1. The molecule has 2 bridgehead atoms. The number of phenolic OH excluding ortho intramolecular Hbond substituents is 1. The van der Waals surface area contributed by atoms with Crippen molar-refractivity contribution in [3.05, 3.63) is 42.7 Å². The van der Waals surface area contributed by atoms with Crippen LogP contribution in [0.2, 0.25) is 0 Å². The van der Waals surface area contributed by atoms with Gasteiger partial charge in [0.25, 0.3) is 0 Å². The summed E-state index contributed by atoms with van der Waals surface area (Å²) >= 11 is 0. The highest BCUT2D eigenvalue weighted by Gasteiger charge is 2.48. The lowest BCUT2D eigenvalue weighted by atomic mass is 9.96. The number of anilines is 1. The minimum absolute atomic E-state index is 0.104. The molecule has 1 aromatic carbocycles. The number of benzene rings is 1. The molecule has 0 spiro atoms. The fourth-order valence-corrected chi connectivity index (χ4v) is 5.37. The van der Waals surface area contributed by atoms with Crippen LogP contribution >= 0.6 is 0 Å². The lowest BCUT2D eigenvalue weighted by Crippen LogP contribution is -2.57. The molecule has 2 aromatic heterocycles. The summed E-state index contributed by atoms with van der Waals surface area (Å²) in [5.41, 5.74) is 0.971. The number of nitrogens with zero attached hydrogens (tertiary/aromatic N) is 5. The Morgan fingerprint density at radius 3 is 2.65 bits per heavy atom. The third kappa shape index (κ3) is 3.70. The highest BCUT2D eigenvalue weighted by Crippen LogP contribution is 2.40. The molecule has 0 amide bonds. The highest BCUT2D eigenvalue weighted by atomic mass is 19.1. The van der Waals surface area contributed by atoms with Gasteiger partial charge in [0.2, 0.25) is 0 Å². The molecule has 10 heteroatoms. The van der Waals surface area contributed by atoms with E-state index in [0.29, 0.717) is 23.1 Å². The molecule has 34 heavy (non-hydrogen) atoms. The van der Waals surface area contributed by atoms with E-state index in [9.17, 15) is 13.9 Å². The van der Waals surface area contributed by atoms with E-state index in [-0.39, 0.29) is 35.0 Å². The molecule has 2 saturated heterocycles. The van der Waals surface area contributed by atoms with Gasteiger partial charge in [-0.2, -0.15) is 5.10 Å². The van der Waals surface area contributed by atoms with Gasteiger partial charge in [0.1, 0.15) is 23.6 Å². The summed E-state index contributed by atoms with van der Waals surface area (Å²) in [5, 5.41) is 17.7. The fourth-order valence-electron chi connectivity index (χ4n) is 5.37. The van der Waals surface area contributed by atoms with Crippen LogP contribution in [0.5, 0.6) is 5.75 Å². The zero-order chi connectivity index (χ0) is 23.4. The van der Waals surface area contributed by atoms with Crippen LogP contribution < -0.4 is 10.2 Å². The molecule has 1 aliphatic carbocycles. The van der Waals surface area contributed by atoms with Gasteiger partial charge in [0.05, 0.1) is 30.3 Å². The van der Waals surface area contributed by atoms with Gasteiger partial charge >= 0.3 is 0 Å². The molecule has 4 unspecified atom stereocenters. The van der Waals surface area contributed by atoms with Gasteiger partial charge in [-0.05, 0) is 44.2 Å². The standard InChI is InChI=1S/C24H25F3N6O/c25-12-32-11-13(8-30-32)16-7-22(34)17(6-18(16)26)20-9-29-23(10-28-20)33(15-2-3-15)21-5-14-1-4-19(31-14)24(21)27/h6-11,14-15,19,21,24,31,34H,1-5,12H2. The van der Waals surface area contributed by atoms with E-state index >= 15 is 4.39 Å². The quantitative estimate of drug-likeness (QED) is 0.568. The summed E-state index contributed by atoms with van der Waals surface area (Å²) in [7, 11) is 0. The first-order valence-electron chi connectivity index (χ1n) is 11.6. The SMILES string of the molecule is Oc1cc(-c2cnn(CF)c2)c(F)cc1-c1cnc(N(C2CC2)C2CC3CCC(N3)C2F)cn1. The number of phenols is 1. The second-order valence-corrected chi connectivity index (χ2v) is 9.43. The number of nitrogens with one attached hydrogen (secondary N) is 1. The number of aromatic hydroxyl groups is 1. The number of hydrogen-bond donors (Lipinski definition) is 2. The molecule has 2 aliphatic heterocycles. The van der Waals surface area contributed by atoms with E-state index in [0.717, 1.165) is 36.8 Å². The molecule has 6 rings (SSSR count). The van der Waals surface area contributed by atoms with E-state index in [4.69, 9.17) is 0 Å². The number of alkyl halides is 2. The van der Waals surface area contributed by atoms with Crippen LogP contribution in [0.1, 0.15) is 32.1 Å². The van der Waals surface area contributed by atoms with Crippen LogP contribution in [-0.4, -0.2) is 55.2 Å². The largest absolute Gasteiger partial charge is 0.507 e. The molecule has 0 radical (unpaired) electrons. The Balaban J connectivity index is 1.28. The second kappa shape index (κ2) is 8.26. The van der Waals surface area contributed by atoms with Gasteiger partial charge in [0, 0.05) is 41.0 Å². The van der Waals surface area contributed by atoms with Crippen molar-refractivity contribution in [3.8, 4) is 28.1 Å². The number of piperidine rings is 1. The van der Waals surface area contributed by atoms with Crippen LogP contribution in [0.25, 0.3) is 22.4 Å². The van der Waals surface area contributed by atoms with Crippen molar-refractivity contribution in [2.24, 2.45) is 0 Å². The molecule has 3 aliphatic rings. The number of halogens is 3. The van der Waals surface area contributed by atoms with Crippen LogP contribution in [0.4, 0.5) is 19.0 Å². The van der Waals surface area contributed by atoms with Crippen LogP contribution in [0, 0.1) is 5.82 Å². The van der Waals surface area contributed by atoms with Crippen molar-refractivity contribution in [3.63, 3.8) is 0 Å². The monoisotopic (exact) mass is 470 g/mol. The first-order chi connectivity index (χ1) is 16.5. The maximum atomic E-state index is 15.3. The van der Waals surface area contributed by atoms with Crippen molar-refractivity contribution in [2.75, 3.05) is 4.90 Å². The molecule has 1 saturated carbocycles. The third-order valence-corrected chi connectivity index (χ3v) is 7.18. The minimum Gasteiger partial charge on any atom is -0.507 e. The van der Waals surface area contributed by atoms with E-state index in [1.165, 1.54) is 30.7 Å². The molecular weight excluding hydrogens is 445 g/mol. The molecule has 7 nitrogen and oxygen atoms in total. The molecule has 4 atom stereocenters. The Kier molecular flexibility index (Phi) is 5.20. The summed E-state index contributed by atoms with van der Waals surface area (Å²) in [5.74, 6) is -0.165. The van der Waals surface area contributed by atoms with Crippen molar-refractivity contribution in [2.45, 2.75) is 69.2 Å². The maximum absolute atomic E-state index is 15.3. The third-order valence-electron chi connectivity index (χ3n) is 7.18. The minimum atomic E-state index is -0.965. The first-order valence-corrected chi connectivity index (χ1v) is 11.6. The molecule has 2 N–H and O–H groups in total. The van der Waals surface area contributed by atoms with Crippen LogP contribution in [-0.2, 0) is 6.80 Å². The second-order valence-electron chi connectivity index (χ2n) is 9.43. The normalized spacial score (nSPS) is 26.1. The number of aromatic nitrogens is 4. The van der Waals surface area contributed by atoms with Crippen molar-refractivity contribution < 1.29 is 18.3 Å². The van der Waals surface area contributed by atoms with Crippen molar-refractivity contribution in [1.29, 1.82) is 0 Å². The summed E-state index contributed by atoms with van der Waals surface area (Å²) < 4.78 is 43.9. The maximum Gasteiger partial charge on any atom is 0.181 e. The molecule has 178 valence electrons. The molecule has 3 aromatic rings. The van der Waals surface area contributed by atoms with Crippen molar-refractivity contribution in [1.82, 2.24) is 25.1 Å². The smallest absolute Gasteiger partial charge is 0.181 e. The van der Waals surface area contributed by atoms with E-state index in [1.54, 1.807) is 6.20 Å². The van der Waals surface area contributed by atoms with Gasteiger partial charge in [-0.15, -0.1) is 0 Å². The predicted octanol–water partition coefficient (Wildman–Crippen LogP) is 3.98. The van der Waals surface area contributed by atoms with E-state index in [2.05, 4.69) is 25.3 Å². The number of rotatable bonds is 6. The lowest BCUT2D eigenvalue weighted by Gasteiger charge is -2.41. The molecule has 4 heterocycles. The van der Waals surface area contributed by atoms with Crippen LogP contribution in [0.15, 0.2) is 36.9 Å². The van der Waals surface area contributed by atoms with Gasteiger partial charge in [-0.1, -0.05) is 0 Å². The summed E-state index contributed by atoms with van der Waals surface area (Å²) in [6.07, 6.45) is 9.42. The summed E-state index contributed by atoms with van der Waals surface area (Å²) in [6.45, 7) is -0.826. The Hall–Kier alpha value is -3.14. The topological polar surface area (TPSA) is 79.1 Å². The Morgan fingerprint density at radius 1 is 1.09 bits per heavy atom. The van der Waals surface area contributed by atoms with Gasteiger partial charge in [-0.3, -0.25) is 4.98 Å². The average molecular weight is 470 g/mol. The van der Waals surface area contributed by atoms with E-state index in [1.807, 2.05) is 0 Å². The predicted molar refractivity (Wildman–Crippen MR) is 120 cm³/mol. The zero-order valence-corrected chi connectivity index (χ0v) is 18.4. The van der Waals surface area contributed by atoms with Gasteiger partial charge in [0.15, 0.2) is 6.80 Å². The number of hydrogen-bond acceptors (Lipinski definition) is 6. The van der Waals surface area contributed by atoms with Gasteiger partial charge < -0.3 is 15.3 Å². The fraction of sp³-hybridized carbons (Fsp3) is 0.458. The summed E-state index contributed by atoms with van der Waals surface area (Å²) in [6, 6.07) is 2.72. The first kappa shape index (κ1) is 21.4.